The fraction of sp³-hybridized carbons (Fsp3) is 0.0909. The first-order valence-electron chi connectivity index (χ1n) is 5.01. The van der Waals surface area contributed by atoms with Gasteiger partial charge >= 0.3 is 11.9 Å². The van der Waals surface area contributed by atoms with Crippen LogP contribution in [0, 0.1) is 17.0 Å². The molecule has 0 saturated heterocycles. The van der Waals surface area contributed by atoms with E-state index in [2.05, 4.69) is 5.32 Å². The fourth-order valence-corrected chi connectivity index (χ4v) is 1.28. The van der Waals surface area contributed by atoms with Gasteiger partial charge < -0.3 is 15.5 Å². The van der Waals surface area contributed by atoms with Crippen molar-refractivity contribution >= 4 is 23.3 Å². The van der Waals surface area contributed by atoms with Crippen molar-refractivity contribution in [2.75, 3.05) is 5.32 Å². The number of rotatable bonds is 5. The van der Waals surface area contributed by atoms with Crippen LogP contribution in [0.1, 0.15) is 5.56 Å². The Kier molecular flexibility index (Phi) is 4.19. The normalized spacial score (nSPS) is 10.9. The maximum absolute atomic E-state index is 10.8. The number of hydrogen-bond donors (Lipinski definition) is 3. The molecular formula is C11H10N2O6. The van der Waals surface area contributed by atoms with Gasteiger partial charge in [-0.15, -0.1) is 0 Å². The topological polar surface area (TPSA) is 130 Å². The molecule has 8 heteroatoms. The van der Waals surface area contributed by atoms with Crippen LogP contribution in [-0.4, -0.2) is 27.1 Å². The average Bonchev–Trinajstić information content (AvgIpc) is 2.29. The van der Waals surface area contributed by atoms with Crippen molar-refractivity contribution in [3.63, 3.8) is 0 Å². The predicted octanol–water partition coefficient (Wildman–Crippen LogP) is 1.37. The minimum absolute atomic E-state index is 0.157. The molecule has 3 N–H and O–H groups in total. The van der Waals surface area contributed by atoms with Gasteiger partial charge in [0.1, 0.15) is 5.70 Å². The van der Waals surface area contributed by atoms with Gasteiger partial charge in [-0.1, -0.05) is 6.07 Å². The van der Waals surface area contributed by atoms with Crippen LogP contribution in [0.4, 0.5) is 11.4 Å². The molecule has 0 fully saturated rings. The van der Waals surface area contributed by atoms with Crippen LogP contribution in [-0.2, 0) is 9.59 Å². The van der Waals surface area contributed by atoms with Crippen molar-refractivity contribution in [3.8, 4) is 0 Å². The number of nitro benzene ring substituents is 1. The zero-order valence-electron chi connectivity index (χ0n) is 9.78. The highest BCUT2D eigenvalue weighted by molar-refractivity contribution is 5.97. The SMILES string of the molecule is Cc1ccc([N+](=O)[O-])cc1N/C(=C\C(=O)O)C(=O)O. The summed E-state index contributed by atoms with van der Waals surface area (Å²) in [5, 5.41) is 30.3. The summed E-state index contributed by atoms with van der Waals surface area (Å²) in [6.45, 7) is 1.60. The lowest BCUT2D eigenvalue weighted by molar-refractivity contribution is -0.384. The predicted molar refractivity (Wildman–Crippen MR) is 64.8 cm³/mol. The van der Waals surface area contributed by atoms with Crippen LogP contribution < -0.4 is 5.32 Å². The number of aryl methyl sites for hydroxylation is 1. The minimum Gasteiger partial charge on any atom is -0.478 e. The van der Waals surface area contributed by atoms with Crippen molar-refractivity contribution in [3.05, 3.63) is 45.6 Å². The third kappa shape index (κ3) is 3.80. The smallest absolute Gasteiger partial charge is 0.352 e. The van der Waals surface area contributed by atoms with Gasteiger partial charge in [-0.25, -0.2) is 9.59 Å². The first-order valence-corrected chi connectivity index (χ1v) is 5.01. The Labute approximate surface area is 107 Å². The molecule has 100 valence electrons. The third-order valence-corrected chi connectivity index (χ3v) is 2.20. The van der Waals surface area contributed by atoms with Crippen LogP contribution in [0.2, 0.25) is 0 Å². The number of carbonyl (C=O) groups is 2. The molecule has 1 aromatic rings. The average molecular weight is 266 g/mol. The molecule has 0 aliphatic heterocycles. The second kappa shape index (κ2) is 5.63. The lowest BCUT2D eigenvalue weighted by Crippen LogP contribution is -2.13. The fourth-order valence-electron chi connectivity index (χ4n) is 1.28. The standard InChI is InChI=1S/C11H10N2O6/c1-6-2-3-7(13(18)19)4-8(6)12-9(11(16)17)5-10(14)15/h2-5,12H,1H3,(H,14,15)(H,16,17)/b9-5-. The van der Waals surface area contributed by atoms with E-state index in [1.54, 1.807) is 6.92 Å². The second-order valence-corrected chi connectivity index (χ2v) is 3.58. The Bertz CT molecular complexity index is 579. The Morgan fingerprint density at radius 3 is 2.47 bits per heavy atom. The Hall–Kier alpha value is -2.90. The van der Waals surface area contributed by atoms with E-state index in [0.717, 1.165) is 6.07 Å². The highest BCUT2D eigenvalue weighted by atomic mass is 16.6. The van der Waals surface area contributed by atoms with Gasteiger partial charge in [-0.3, -0.25) is 10.1 Å². The van der Waals surface area contributed by atoms with Gasteiger partial charge in [-0.2, -0.15) is 0 Å². The number of benzene rings is 1. The largest absolute Gasteiger partial charge is 0.478 e. The molecule has 0 atom stereocenters. The zero-order chi connectivity index (χ0) is 14.6. The minimum atomic E-state index is -1.48. The van der Waals surface area contributed by atoms with Crippen molar-refractivity contribution in [2.45, 2.75) is 6.92 Å². The lowest BCUT2D eigenvalue weighted by atomic mass is 10.1. The van der Waals surface area contributed by atoms with Gasteiger partial charge in [-0.05, 0) is 12.5 Å². The lowest BCUT2D eigenvalue weighted by Gasteiger charge is -2.09. The zero-order valence-corrected chi connectivity index (χ0v) is 9.78. The highest BCUT2D eigenvalue weighted by Gasteiger charge is 2.14. The Morgan fingerprint density at radius 2 is 2.00 bits per heavy atom. The number of aliphatic carboxylic acids is 2. The number of non-ortho nitro benzene ring substituents is 1. The van der Waals surface area contributed by atoms with Crippen LogP contribution in [0.15, 0.2) is 30.0 Å². The molecule has 0 amide bonds. The third-order valence-electron chi connectivity index (χ3n) is 2.20. The number of carboxylic acid groups (broad SMARTS) is 2. The van der Waals surface area contributed by atoms with Crippen molar-refractivity contribution in [2.24, 2.45) is 0 Å². The number of anilines is 1. The quantitative estimate of drug-likeness (QED) is 0.416. The maximum Gasteiger partial charge on any atom is 0.352 e. The summed E-state index contributed by atoms with van der Waals surface area (Å²) in [6, 6.07) is 3.83. The van der Waals surface area contributed by atoms with E-state index in [0.29, 0.717) is 11.6 Å². The molecule has 0 bridgehead atoms. The molecule has 0 heterocycles. The molecule has 19 heavy (non-hydrogen) atoms. The maximum atomic E-state index is 10.8. The summed E-state index contributed by atoms with van der Waals surface area (Å²) in [5.74, 6) is -2.92. The van der Waals surface area contributed by atoms with E-state index in [9.17, 15) is 19.7 Å². The summed E-state index contributed by atoms with van der Waals surface area (Å²) in [4.78, 5) is 31.3. The van der Waals surface area contributed by atoms with Crippen LogP contribution in [0.3, 0.4) is 0 Å². The van der Waals surface area contributed by atoms with Gasteiger partial charge in [0.2, 0.25) is 0 Å². The number of nitro groups is 1. The summed E-state index contributed by atoms with van der Waals surface area (Å²) >= 11 is 0. The van der Waals surface area contributed by atoms with E-state index in [1.165, 1.54) is 12.1 Å². The van der Waals surface area contributed by atoms with Crippen molar-refractivity contribution < 1.29 is 24.7 Å². The van der Waals surface area contributed by atoms with Crippen LogP contribution in [0.25, 0.3) is 0 Å². The van der Waals surface area contributed by atoms with Crippen molar-refractivity contribution in [1.82, 2.24) is 0 Å². The van der Waals surface area contributed by atoms with E-state index < -0.39 is 22.6 Å². The van der Waals surface area contributed by atoms with E-state index in [1.807, 2.05) is 0 Å². The van der Waals surface area contributed by atoms with Crippen LogP contribution in [0.5, 0.6) is 0 Å². The summed E-state index contributed by atoms with van der Waals surface area (Å²) in [7, 11) is 0. The first-order chi connectivity index (χ1) is 8.81. The summed E-state index contributed by atoms with van der Waals surface area (Å²) in [5.41, 5.74) is -0.114. The molecule has 0 spiro atoms. The number of carboxylic acids is 2. The van der Waals surface area contributed by atoms with E-state index in [-0.39, 0.29) is 11.4 Å². The molecular weight excluding hydrogens is 256 g/mol. The van der Waals surface area contributed by atoms with Crippen LogP contribution >= 0.6 is 0 Å². The second-order valence-electron chi connectivity index (χ2n) is 3.58. The van der Waals surface area contributed by atoms with E-state index in [4.69, 9.17) is 10.2 Å². The Balaban J connectivity index is 3.16. The highest BCUT2D eigenvalue weighted by Crippen LogP contribution is 2.23. The van der Waals surface area contributed by atoms with Gasteiger partial charge in [0, 0.05) is 17.8 Å². The molecule has 1 aromatic carbocycles. The Morgan fingerprint density at radius 1 is 1.37 bits per heavy atom. The first kappa shape index (κ1) is 14.2. The molecule has 0 saturated carbocycles. The summed E-state index contributed by atoms with van der Waals surface area (Å²) in [6.07, 6.45) is 0.473. The number of nitrogens with zero attached hydrogens (tertiary/aromatic N) is 1. The van der Waals surface area contributed by atoms with E-state index >= 15 is 0 Å². The molecule has 1 rings (SSSR count). The molecule has 0 aliphatic rings. The summed E-state index contributed by atoms with van der Waals surface area (Å²) < 4.78 is 0. The number of nitrogens with one attached hydrogen (secondary N) is 1. The number of hydrogen-bond acceptors (Lipinski definition) is 5. The molecule has 0 aliphatic carbocycles. The molecule has 0 radical (unpaired) electrons. The molecule has 8 nitrogen and oxygen atoms in total. The van der Waals surface area contributed by atoms with Gasteiger partial charge in [0.25, 0.3) is 5.69 Å². The monoisotopic (exact) mass is 266 g/mol. The molecule has 0 unspecified atom stereocenters. The van der Waals surface area contributed by atoms with Gasteiger partial charge in [0.05, 0.1) is 11.0 Å². The molecule has 0 aromatic heterocycles. The van der Waals surface area contributed by atoms with Gasteiger partial charge in [0.15, 0.2) is 0 Å². The van der Waals surface area contributed by atoms with Crippen molar-refractivity contribution in [1.29, 1.82) is 0 Å².